The molecule has 2 rings (SSSR count). The number of fused-ring (bicyclic) bond motifs is 1. The number of ether oxygens (including phenoxy) is 1. The minimum Gasteiger partial charge on any atom is -0.369 e. The molecule has 0 fully saturated rings. The number of unbranched alkanes of at least 4 members (excludes halogenated alkanes) is 2. The number of nitrogens with zero attached hydrogens (tertiary/aromatic N) is 2. The third-order valence-corrected chi connectivity index (χ3v) is 5.24. The van der Waals surface area contributed by atoms with Crippen LogP contribution in [0.15, 0.2) is 4.79 Å². The fourth-order valence-electron chi connectivity index (χ4n) is 2.73. The molecule has 0 aliphatic carbocycles. The molecule has 1 unspecified atom stereocenters. The lowest BCUT2D eigenvalue weighted by atomic mass is 10.1. The van der Waals surface area contributed by atoms with E-state index in [0.29, 0.717) is 30.6 Å². The summed E-state index contributed by atoms with van der Waals surface area (Å²) in [6, 6.07) is 0. The molecule has 1 aromatic rings. The van der Waals surface area contributed by atoms with E-state index in [0.717, 1.165) is 25.7 Å². The lowest BCUT2D eigenvalue weighted by Crippen LogP contribution is -2.28. The second-order valence-corrected chi connectivity index (χ2v) is 8.79. The molecule has 5 N–H and O–H groups in total. The van der Waals surface area contributed by atoms with Crippen molar-refractivity contribution in [2.24, 2.45) is 5.92 Å². The highest BCUT2D eigenvalue weighted by atomic mass is 31.2. The van der Waals surface area contributed by atoms with E-state index in [1.54, 1.807) is 4.90 Å². The Labute approximate surface area is 159 Å². The number of anilines is 3. The highest BCUT2D eigenvalue weighted by Crippen LogP contribution is 2.41. The summed E-state index contributed by atoms with van der Waals surface area (Å²) in [6.45, 7) is 5.58. The van der Waals surface area contributed by atoms with Crippen LogP contribution in [0.2, 0.25) is 0 Å². The molecule has 0 saturated carbocycles. The van der Waals surface area contributed by atoms with Crippen LogP contribution < -0.4 is 21.5 Å². The van der Waals surface area contributed by atoms with E-state index in [9.17, 15) is 14.3 Å². The molecular weight excluding hydrogens is 373 g/mol. The fraction of sp³-hybridized carbons (Fsp3) is 0.750. The SMILES string of the molecule is CC(C)CCCCCOP(=O)(O)COCCN1CNc2c1nc(N)[nH]c2=O. The second-order valence-electron chi connectivity index (χ2n) is 7.00. The number of hydrogen-bond acceptors (Lipinski definition) is 8. The zero-order chi connectivity index (χ0) is 19.9. The molecule has 0 saturated heterocycles. The summed E-state index contributed by atoms with van der Waals surface area (Å²) < 4.78 is 22.3. The van der Waals surface area contributed by atoms with Gasteiger partial charge in [0.2, 0.25) is 5.95 Å². The molecule has 10 nitrogen and oxygen atoms in total. The first kappa shape index (κ1) is 21.7. The second kappa shape index (κ2) is 10.1. The molecule has 0 spiro atoms. The van der Waals surface area contributed by atoms with Crippen LogP contribution in [-0.2, 0) is 13.8 Å². The van der Waals surface area contributed by atoms with E-state index in [2.05, 4.69) is 29.1 Å². The molecule has 1 atom stereocenters. The molecule has 1 aliphatic rings. The predicted molar refractivity (Wildman–Crippen MR) is 105 cm³/mol. The molecule has 1 aliphatic heterocycles. The van der Waals surface area contributed by atoms with E-state index in [4.69, 9.17) is 15.0 Å². The van der Waals surface area contributed by atoms with Gasteiger partial charge < -0.3 is 30.1 Å². The summed E-state index contributed by atoms with van der Waals surface area (Å²) in [5.74, 6) is 1.16. The van der Waals surface area contributed by atoms with E-state index in [-0.39, 0.29) is 31.1 Å². The smallest absolute Gasteiger partial charge is 0.353 e. The number of rotatable bonds is 12. The first-order chi connectivity index (χ1) is 12.8. The number of hydrogen-bond donors (Lipinski definition) is 4. The largest absolute Gasteiger partial charge is 0.369 e. The van der Waals surface area contributed by atoms with Crippen molar-refractivity contribution >= 4 is 25.0 Å². The van der Waals surface area contributed by atoms with Crippen molar-refractivity contribution in [1.29, 1.82) is 0 Å². The summed E-state index contributed by atoms with van der Waals surface area (Å²) in [5, 5.41) is 2.93. The van der Waals surface area contributed by atoms with Crippen LogP contribution in [0.1, 0.15) is 39.5 Å². The minimum absolute atomic E-state index is 0.0371. The van der Waals surface area contributed by atoms with Crippen molar-refractivity contribution in [3.63, 3.8) is 0 Å². The molecule has 0 aromatic carbocycles. The Kier molecular flexibility index (Phi) is 8.09. The van der Waals surface area contributed by atoms with Crippen LogP contribution in [-0.4, -0.2) is 47.6 Å². The molecule has 2 heterocycles. The summed E-state index contributed by atoms with van der Waals surface area (Å²) in [6.07, 6.45) is 3.63. The van der Waals surface area contributed by atoms with Crippen LogP contribution in [0.4, 0.5) is 17.5 Å². The highest BCUT2D eigenvalue weighted by Gasteiger charge is 2.24. The Morgan fingerprint density at radius 3 is 2.85 bits per heavy atom. The summed E-state index contributed by atoms with van der Waals surface area (Å²) in [7, 11) is -3.75. The zero-order valence-corrected chi connectivity index (χ0v) is 16.8. The molecule has 1 aromatic heterocycles. The van der Waals surface area contributed by atoms with Gasteiger partial charge in [0, 0.05) is 6.54 Å². The van der Waals surface area contributed by atoms with E-state index < -0.39 is 7.60 Å². The Balaban J connectivity index is 1.64. The summed E-state index contributed by atoms with van der Waals surface area (Å²) in [4.78, 5) is 29.8. The molecule has 0 bridgehead atoms. The lowest BCUT2D eigenvalue weighted by molar-refractivity contribution is 0.148. The van der Waals surface area contributed by atoms with Gasteiger partial charge in [0.05, 0.1) is 19.9 Å². The van der Waals surface area contributed by atoms with Crippen LogP contribution in [0.3, 0.4) is 0 Å². The maximum Gasteiger partial charge on any atom is 0.353 e. The van der Waals surface area contributed by atoms with Crippen LogP contribution in [0.25, 0.3) is 0 Å². The Morgan fingerprint density at radius 1 is 1.33 bits per heavy atom. The standard InChI is InChI=1S/C16H30N5O5P/c1-12(2)6-4-3-5-8-26-27(23,24)11-25-9-7-21-10-18-13-14(21)19-16(17)20-15(13)22/h12,18H,3-11H2,1-2H3,(H,23,24)(H3,17,19,20,22). The van der Waals surface area contributed by atoms with Crippen molar-refractivity contribution < 1.29 is 18.7 Å². The zero-order valence-electron chi connectivity index (χ0n) is 15.9. The van der Waals surface area contributed by atoms with Crippen molar-refractivity contribution in [2.75, 3.05) is 48.7 Å². The molecule has 0 radical (unpaired) electrons. The quantitative estimate of drug-likeness (QED) is 0.304. The minimum atomic E-state index is -3.75. The third kappa shape index (κ3) is 7.14. The van der Waals surface area contributed by atoms with Gasteiger partial charge in [0.25, 0.3) is 5.56 Å². The number of nitrogens with two attached hydrogens (primary N) is 1. The maximum absolute atomic E-state index is 11.9. The Morgan fingerprint density at radius 2 is 2.11 bits per heavy atom. The van der Waals surface area contributed by atoms with Crippen molar-refractivity contribution in [3.8, 4) is 0 Å². The Bertz CT molecular complexity index is 711. The third-order valence-electron chi connectivity index (χ3n) is 4.14. The fourth-order valence-corrected chi connectivity index (χ4v) is 3.58. The van der Waals surface area contributed by atoms with Crippen molar-refractivity contribution in [3.05, 3.63) is 10.4 Å². The first-order valence-corrected chi connectivity index (χ1v) is 11.0. The monoisotopic (exact) mass is 403 g/mol. The van der Waals surface area contributed by atoms with Crippen LogP contribution in [0.5, 0.6) is 0 Å². The number of H-pyrrole nitrogens is 1. The van der Waals surface area contributed by atoms with Crippen LogP contribution >= 0.6 is 7.60 Å². The van der Waals surface area contributed by atoms with Gasteiger partial charge in [-0.05, 0) is 12.3 Å². The van der Waals surface area contributed by atoms with Gasteiger partial charge in [-0.25, -0.2) is 0 Å². The lowest BCUT2D eigenvalue weighted by Gasteiger charge is -2.18. The molecule has 27 heavy (non-hydrogen) atoms. The van der Waals surface area contributed by atoms with Gasteiger partial charge in [-0.2, -0.15) is 4.98 Å². The van der Waals surface area contributed by atoms with Gasteiger partial charge in [0.15, 0.2) is 5.82 Å². The predicted octanol–water partition coefficient (Wildman–Crippen LogP) is 1.93. The van der Waals surface area contributed by atoms with Crippen LogP contribution in [0, 0.1) is 5.92 Å². The molecule has 154 valence electrons. The Hall–Kier alpha value is -1.61. The van der Waals surface area contributed by atoms with Gasteiger partial charge in [0.1, 0.15) is 12.0 Å². The van der Waals surface area contributed by atoms with Gasteiger partial charge in [-0.1, -0.05) is 33.1 Å². The molecular formula is C16H30N5O5P. The average Bonchev–Trinajstić information content (AvgIpc) is 2.98. The normalized spacial score (nSPS) is 15.6. The van der Waals surface area contributed by atoms with Gasteiger partial charge >= 0.3 is 7.60 Å². The number of nitrogen functional groups attached to an aromatic ring is 1. The van der Waals surface area contributed by atoms with E-state index in [1.807, 2.05) is 0 Å². The average molecular weight is 403 g/mol. The van der Waals surface area contributed by atoms with Crippen molar-refractivity contribution in [1.82, 2.24) is 9.97 Å². The van der Waals surface area contributed by atoms with Gasteiger partial charge in [-0.3, -0.25) is 14.3 Å². The maximum atomic E-state index is 11.9. The molecule has 0 amide bonds. The summed E-state index contributed by atoms with van der Waals surface area (Å²) in [5.41, 5.74) is 5.59. The highest BCUT2D eigenvalue weighted by molar-refractivity contribution is 7.52. The summed E-state index contributed by atoms with van der Waals surface area (Å²) >= 11 is 0. The van der Waals surface area contributed by atoms with E-state index in [1.165, 1.54) is 0 Å². The van der Waals surface area contributed by atoms with Crippen molar-refractivity contribution in [2.45, 2.75) is 39.5 Å². The molecule has 11 heteroatoms. The first-order valence-electron chi connectivity index (χ1n) is 9.21. The number of aromatic nitrogens is 2. The van der Waals surface area contributed by atoms with E-state index >= 15 is 0 Å². The van der Waals surface area contributed by atoms with Gasteiger partial charge in [-0.15, -0.1) is 0 Å². The number of nitrogens with one attached hydrogen (secondary N) is 2. The topological polar surface area (TPSA) is 143 Å². The number of aromatic amines is 1.